The number of rotatable bonds is 19. The minimum atomic E-state index is -1.59. The number of thiazole rings is 1. The van der Waals surface area contributed by atoms with Crippen LogP contribution >= 0.6 is 11.3 Å². The van der Waals surface area contributed by atoms with E-state index >= 15 is 0 Å². The smallest absolute Gasteiger partial charge is 0.326 e. The number of amides is 3. The van der Waals surface area contributed by atoms with E-state index in [1.807, 2.05) is 0 Å². The molecule has 21 heteroatoms. The summed E-state index contributed by atoms with van der Waals surface area (Å²) in [4.78, 5) is 109. The number of nitrogens with two attached hydrogens (primary N) is 1. The Morgan fingerprint density at radius 2 is 1.35 bits per heavy atom. The Morgan fingerprint density at radius 3 is 1.90 bits per heavy atom. The van der Waals surface area contributed by atoms with Crippen LogP contribution in [0.4, 0.5) is 5.95 Å². The maximum Gasteiger partial charge on any atom is 0.326 e. The van der Waals surface area contributed by atoms with Gasteiger partial charge in [-0.2, -0.15) is 4.98 Å². The maximum absolute atomic E-state index is 12.7. The Bertz CT molecular complexity index is 1770. The molecule has 3 aromatic rings. The number of carboxylic acids is 4. The van der Waals surface area contributed by atoms with E-state index < -0.39 is 104 Å². The Hall–Kier alpha value is -5.86. The van der Waals surface area contributed by atoms with Crippen molar-refractivity contribution in [3.8, 4) is 0 Å². The van der Waals surface area contributed by atoms with Crippen molar-refractivity contribution in [2.75, 3.05) is 5.73 Å². The van der Waals surface area contributed by atoms with Crippen LogP contribution < -0.4 is 27.2 Å². The van der Waals surface area contributed by atoms with Gasteiger partial charge in [0.2, 0.25) is 17.8 Å². The molecule has 3 atom stereocenters. The van der Waals surface area contributed by atoms with Crippen molar-refractivity contribution in [2.45, 2.75) is 69.5 Å². The molecule has 0 unspecified atom stereocenters. The molecular formula is C27H32N8O12S. The summed E-state index contributed by atoms with van der Waals surface area (Å²) in [5.74, 6) is -8.36. The maximum atomic E-state index is 12.7. The third-order valence-electron chi connectivity index (χ3n) is 6.87. The van der Waals surface area contributed by atoms with Gasteiger partial charge in [-0.1, -0.05) is 0 Å². The number of aromatic nitrogens is 4. The number of nitrogens with zero attached hydrogens (tertiary/aromatic N) is 2. The minimum Gasteiger partial charge on any atom is -0.481 e. The minimum absolute atomic E-state index is 0.0347. The van der Waals surface area contributed by atoms with Crippen LogP contribution in [0.3, 0.4) is 0 Å². The van der Waals surface area contributed by atoms with Gasteiger partial charge in [0, 0.05) is 36.5 Å². The van der Waals surface area contributed by atoms with Crippen LogP contribution in [-0.2, 0) is 41.6 Å². The first kappa shape index (κ1) is 36.6. The molecular weight excluding hydrogens is 660 g/mol. The Balaban J connectivity index is 1.49. The second-order valence-electron chi connectivity index (χ2n) is 10.4. The molecule has 3 aromatic heterocycles. The predicted octanol–water partition coefficient (Wildman–Crippen LogP) is -1.18. The SMILES string of the molecule is Nc1nc2[nH]cc(CCc3cnc(C(=O)N[C@@H](CCC(=O)N[C@@H](CCC(=O)N[C@@H](CCC(=O)O)C(=O)O)C(=O)O)C(=O)O)s3)c2c(=O)[nH]1. The van der Waals surface area contributed by atoms with Crippen molar-refractivity contribution in [1.29, 1.82) is 0 Å². The molecule has 0 bridgehead atoms. The predicted molar refractivity (Wildman–Crippen MR) is 164 cm³/mol. The molecule has 0 aromatic carbocycles. The zero-order chi connectivity index (χ0) is 35.5. The van der Waals surface area contributed by atoms with Gasteiger partial charge >= 0.3 is 23.9 Å². The average molecular weight is 693 g/mol. The molecule has 0 aliphatic heterocycles. The van der Waals surface area contributed by atoms with Crippen LogP contribution in [0.5, 0.6) is 0 Å². The van der Waals surface area contributed by atoms with E-state index in [-0.39, 0.29) is 11.0 Å². The molecule has 48 heavy (non-hydrogen) atoms. The van der Waals surface area contributed by atoms with Crippen molar-refractivity contribution in [1.82, 2.24) is 35.9 Å². The fourth-order valence-corrected chi connectivity index (χ4v) is 5.26. The highest BCUT2D eigenvalue weighted by Crippen LogP contribution is 2.19. The zero-order valence-corrected chi connectivity index (χ0v) is 25.8. The van der Waals surface area contributed by atoms with Crippen LogP contribution in [0.15, 0.2) is 17.2 Å². The summed E-state index contributed by atoms with van der Waals surface area (Å²) < 4.78 is 0. The van der Waals surface area contributed by atoms with Gasteiger partial charge < -0.3 is 47.1 Å². The van der Waals surface area contributed by atoms with Crippen molar-refractivity contribution >= 4 is 69.9 Å². The number of nitrogen functional groups attached to an aromatic ring is 1. The number of carboxylic acid groups (broad SMARTS) is 4. The summed E-state index contributed by atoms with van der Waals surface area (Å²) in [6.45, 7) is 0. The topological polar surface area (TPSA) is 337 Å². The average Bonchev–Trinajstić information content (AvgIpc) is 3.65. The normalized spacial score (nSPS) is 12.8. The number of fused-ring (bicyclic) bond motifs is 1. The number of hydrogen-bond acceptors (Lipinski definition) is 12. The third kappa shape index (κ3) is 10.6. The fraction of sp³-hybridized carbons (Fsp3) is 0.407. The van der Waals surface area contributed by atoms with Gasteiger partial charge in [-0.05, 0) is 37.7 Å². The van der Waals surface area contributed by atoms with E-state index in [1.54, 1.807) is 6.20 Å². The first-order valence-corrected chi connectivity index (χ1v) is 15.1. The zero-order valence-electron chi connectivity index (χ0n) is 25.0. The van der Waals surface area contributed by atoms with E-state index in [0.29, 0.717) is 34.3 Å². The standard InChI is InChI=1S/C27H32N8O12S/c28-27-34-20-19(21(40)35-27)11(9-29-20)1-2-12-10-30-23(48-12)22(41)33-15(26(46)47)4-7-17(37)31-13(24(42)43)3-6-16(36)32-14(25(44)45)5-8-18(38)39/h9-10,13-15H,1-8H2,(H,31,37)(H,32,36)(H,33,41)(H,38,39)(H,42,43)(H,44,45)(H,46,47)(H4,28,29,34,35,40)/t13-,14-,15-/m0/s1. The highest BCUT2D eigenvalue weighted by molar-refractivity contribution is 7.13. The molecule has 0 spiro atoms. The van der Waals surface area contributed by atoms with E-state index in [9.17, 15) is 48.6 Å². The number of hydrogen-bond donors (Lipinski definition) is 10. The second kappa shape index (κ2) is 16.6. The quantitative estimate of drug-likeness (QED) is 0.0707. The van der Waals surface area contributed by atoms with Gasteiger partial charge in [0.15, 0.2) is 5.01 Å². The van der Waals surface area contributed by atoms with Gasteiger partial charge in [-0.3, -0.25) is 29.0 Å². The molecule has 20 nitrogen and oxygen atoms in total. The van der Waals surface area contributed by atoms with E-state index in [0.717, 1.165) is 11.3 Å². The molecule has 0 fully saturated rings. The number of carbonyl (C=O) groups excluding carboxylic acids is 3. The Morgan fingerprint density at radius 1 is 0.812 bits per heavy atom. The lowest BCUT2D eigenvalue weighted by molar-refractivity contribution is -0.144. The molecule has 0 aliphatic carbocycles. The summed E-state index contributed by atoms with van der Waals surface area (Å²) in [6.07, 6.45) is 0.992. The van der Waals surface area contributed by atoms with Crippen molar-refractivity contribution in [3.05, 3.63) is 38.2 Å². The molecule has 0 saturated heterocycles. The number of nitrogens with one attached hydrogen (secondary N) is 5. The first-order chi connectivity index (χ1) is 22.6. The lowest BCUT2D eigenvalue weighted by Gasteiger charge is -2.17. The van der Waals surface area contributed by atoms with Crippen molar-refractivity contribution in [2.24, 2.45) is 0 Å². The molecule has 3 amide bonds. The van der Waals surface area contributed by atoms with Crippen LogP contribution in [0, 0.1) is 0 Å². The summed E-state index contributed by atoms with van der Waals surface area (Å²) in [7, 11) is 0. The largest absolute Gasteiger partial charge is 0.481 e. The molecule has 0 aliphatic rings. The van der Waals surface area contributed by atoms with Crippen LogP contribution in [0.25, 0.3) is 11.0 Å². The number of carbonyl (C=O) groups is 7. The van der Waals surface area contributed by atoms with E-state index in [4.69, 9.17) is 15.9 Å². The summed E-state index contributed by atoms with van der Waals surface area (Å²) in [5.41, 5.74) is 6.13. The van der Waals surface area contributed by atoms with Gasteiger partial charge in [0.05, 0.1) is 5.39 Å². The molecule has 0 radical (unpaired) electrons. The molecule has 3 rings (SSSR count). The molecule has 0 saturated carbocycles. The van der Waals surface area contributed by atoms with Crippen molar-refractivity contribution < 1.29 is 54.0 Å². The van der Waals surface area contributed by atoms with Gasteiger partial charge in [0.25, 0.3) is 11.5 Å². The molecule has 3 heterocycles. The Labute approximate surface area is 273 Å². The summed E-state index contributed by atoms with van der Waals surface area (Å²) in [5, 5.41) is 43.7. The summed E-state index contributed by atoms with van der Waals surface area (Å²) in [6, 6.07) is -4.64. The third-order valence-corrected chi connectivity index (χ3v) is 7.92. The lowest BCUT2D eigenvalue weighted by atomic mass is 10.1. The number of aromatic amines is 2. The number of aryl methyl sites for hydroxylation is 2. The van der Waals surface area contributed by atoms with E-state index in [1.165, 1.54) is 6.20 Å². The molecule has 258 valence electrons. The van der Waals surface area contributed by atoms with Crippen molar-refractivity contribution in [3.63, 3.8) is 0 Å². The van der Waals surface area contributed by atoms with Gasteiger partial charge in [-0.25, -0.2) is 19.4 Å². The lowest BCUT2D eigenvalue weighted by Crippen LogP contribution is -2.45. The van der Waals surface area contributed by atoms with Crippen LogP contribution in [0.1, 0.15) is 58.8 Å². The Kier molecular flexibility index (Phi) is 12.7. The highest BCUT2D eigenvalue weighted by Gasteiger charge is 2.27. The number of H-pyrrole nitrogens is 2. The van der Waals surface area contributed by atoms with E-state index in [2.05, 4.69) is 35.9 Å². The molecule has 11 N–H and O–H groups in total. The second-order valence-corrected chi connectivity index (χ2v) is 11.5. The highest BCUT2D eigenvalue weighted by atomic mass is 32.1. The van der Waals surface area contributed by atoms with Gasteiger partial charge in [-0.15, -0.1) is 11.3 Å². The monoisotopic (exact) mass is 692 g/mol. The number of anilines is 1. The van der Waals surface area contributed by atoms with Crippen LogP contribution in [0.2, 0.25) is 0 Å². The van der Waals surface area contributed by atoms with Crippen LogP contribution in [-0.4, -0.2) is 100 Å². The summed E-state index contributed by atoms with van der Waals surface area (Å²) >= 11 is 0.998. The van der Waals surface area contributed by atoms with Gasteiger partial charge in [0.1, 0.15) is 23.8 Å². The number of aliphatic carboxylic acids is 4. The fourth-order valence-electron chi connectivity index (χ4n) is 4.45. The first-order valence-electron chi connectivity index (χ1n) is 14.2.